The number of nitrogens with two attached hydrogens (primary N) is 1. The van der Waals surface area contributed by atoms with E-state index in [-0.39, 0.29) is 30.4 Å². The molecule has 0 aromatic carbocycles. The van der Waals surface area contributed by atoms with E-state index < -0.39 is 0 Å². The molecule has 4 heteroatoms. The van der Waals surface area contributed by atoms with Gasteiger partial charge in [-0.25, -0.2) is 0 Å². The van der Waals surface area contributed by atoms with Crippen molar-refractivity contribution in [1.82, 2.24) is 4.90 Å². The first-order chi connectivity index (χ1) is 7.72. The zero-order valence-corrected chi connectivity index (χ0v) is 9.82. The smallest absolute Gasteiger partial charge is 0.236 e. The topological polar surface area (TPSA) is 66.6 Å². The zero-order valence-electron chi connectivity index (χ0n) is 9.82. The van der Waals surface area contributed by atoms with Crippen LogP contribution in [0.15, 0.2) is 0 Å². The van der Waals surface area contributed by atoms with Gasteiger partial charge in [-0.05, 0) is 18.3 Å². The predicted octanol–water partition coefficient (Wildman–Crippen LogP) is 0.346. The summed E-state index contributed by atoms with van der Waals surface area (Å²) in [7, 11) is 0. The second-order valence-corrected chi connectivity index (χ2v) is 5.28. The molecule has 2 fully saturated rings. The lowest BCUT2D eigenvalue weighted by Gasteiger charge is -2.37. The number of rotatable bonds is 2. The Morgan fingerprint density at radius 3 is 2.62 bits per heavy atom. The lowest BCUT2D eigenvalue weighted by Crippen LogP contribution is -2.37. The van der Waals surface area contributed by atoms with E-state index in [1.807, 2.05) is 4.90 Å². The molecule has 2 rings (SSSR count). The molecule has 3 N–H and O–H groups in total. The first-order valence-electron chi connectivity index (χ1n) is 6.30. The van der Waals surface area contributed by atoms with E-state index >= 15 is 0 Å². The SMILES string of the molecule is NCC(=O)N1C[C@H](CO)C2(CCCCC2)C1. The maximum absolute atomic E-state index is 11.6. The van der Waals surface area contributed by atoms with Crippen molar-refractivity contribution >= 4 is 5.91 Å². The van der Waals surface area contributed by atoms with Crippen molar-refractivity contribution in [3.8, 4) is 0 Å². The molecule has 1 aliphatic heterocycles. The molecule has 1 saturated carbocycles. The lowest BCUT2D eigenvalue weighted by atomic mass is 9.68. The van der Waals surface area contributed by atoms with Crippen LogP contribution >= 0.6 is 0 Å². The van der Waals surface area contributed by atoms with Crippen LogP contribution < -0.4 is 5.73 Å². The first-order valence-corrected chi connectivity index (χ1v) is 6.30. The van der Waals surface area contributed by atoms with Gasteiger partial charge in [0.15, 0.2) is 0 Å². The van der Waals surface area contributed by atoms with Crippen LogP contribution in [-0.4, -0.2) is 42.2 Å². The van der Waals surface area contributed by atoms with Crippen molar-refractivity contribution in [3.05, 3.63) is 0 Å². The monoisotopic (exact) mass is 226 g/mol. The van der Waals surface area contributed by atoms with Gasteiger partial charge in [0.05, 0.1) is 6.54 Å². The largest absolute Gasteiger partial charge is 0.396 e. The Labute approximate surface area is 96.8 Å². The van der Waals surface area contributed by atoms with Crippen LogP contribution in [-0.2, 0) is 4.79 Å². The van der Waals surface area contributed by atoms with Crippen LogP contribution in [0.3, 0.4) is 0 Å². The summed E-state index contributed by atoms with van der Waals surface area (Å²) in [4.78, 5) is 13.5. The van der Waals surface area contributed by atoms with Gasteiger partial charge >= 0.3 is 0 Å². The van der Waals surface area contributed by atoms with Crippen molar-refractivity contribution in [3.63, 3.8) is 0 Å². The first kappa shape index (κ1) is 11.9. The van der Waals surface area contributed by atoms with E-state index in [4.69, 9.17) is 5.73 Å². The highest BCUT2D eigenvalue weighted by atomic mass is 16.3. The van der Waals surface area contributed by atoms with Crippen molar-refractivity contribution in [2.45, 2.75) is 32.1 Å². The molecule has 1 atom stereocenters. The maximum Gasteiger partial charge on any atom is 0.236 e. The fourth-order valence-electron chi connectivity index (χ4n) is 3.43. The summed E-state index contributed by atoms with van der Waals surface area (Å²) in [6.45, 7) is 1.81. The fourth-order valence-corrected chi connectivity index (χ4v) is 3.43. The molecular weight excluding hydrogens is 204 g/mol. The summed E-state index contributed by atoms with van der Waals surface area (Å²) in [5.41, 5.74) is 5.60. The van der Waals surface area contributed by atoms with Gasteiger partial charge in [0.1, 0.15) is 0 Å². The van der Waals surface area contributed by atoms with Crippen molar-refractivity contribution in [2.75, 3.05) is 26.2 Å². The molecule has 0 aromatic heterocycles. The highest BCUT2D eigenvalue weighted by molar-refractivity contribution is 5.78. The standard InChI is InChI=1S/C12H22N2O2/c13-6-11(16)14-7-10(8-15)12(9-14)4-2-1-3-5-12/h10,15H,1-9,13H2/t10-/m1/s1. The maximum atomic E-state index is 11.6. The van der Waals surface area contributed by atoms with Gasteiger partial charge in [-0.2, -0.15) is 0 Å². The van der Waals surface area contributed by atoms with Crippen molar-refractivity contribution in [1.29, 1.82) is 0 Å². The highest BCUT2D eigenvalue weighted by Crippen LogP contribution is 2.47. The minimum absolute atomic E-state index is 0.0286. The van der Waals surface area contributed by atoms with Gasteiger partial charge in [-0.3, -0.25) is 4.79 Å². The third-order valence-corrected chi connectivity index (χ3v) is 4.41. The lowest BCUT2D eigenvalue weighted by molar-refractivity contribution is -0.129. The molecule has 1 aliphatic carbocycles. The summed E-state index contributed by atoms with van der Waals surface area (Å²) in [6, 6.07) is 0. The quantitative estimate of drug-likeness (QED) is 0.714. The normalized spacial score (nSPS) is 28.6. The van der Waals surface area contributed by atoms with Crippen LogP contribution in [0.4, 0.5) is 0 Å². The van der Waals surface area contributed by atoms with E-state index in [2.05, 4.69) is 0 Å². The molecule has 1 heterocycles. The van der Waals surface area contributed by atoms with Crippen LogP contribution in [0.25, 0.3) is 0 Å². The minimum atomic E-state index is 0.0286. The number of hydrogen-bond acceptors (Lipinski definition) is 3. The number of amides is 1. The number of aliphatic hydroxyl groups excluding tert-OH is 1. The summed E-state index contributed by atoms with van der Waals surface area (Å²) >= 11 is 0. The third kappa shape index (κ3) is 1.96. The Balaban J connectivity index is 2.09. The number of hydrogen-bond donors (Lipinski definition) is 2. The molecule has 1 spiro atoms. The molecule has 0 radical (unpaired) electrons. The van der Waals surface area contributed by atoms with Gasteiger partial charge in [-0.1, -0.05) is 19.3 Å². The van der Waals surface area contributed by atoms with Gasteiger partial charge in [0.2, 0.25) is 5.91 Å². The molecule has 92 valence electrons. The van der Waals surface area contributed by atoms with E-state index in [1.165, 1.54) is 19.3 Å². The number of likely N-dealkylation sites (tertiary alicyclic amines) is 1. The van der Waals surface area contributed by atoms with Gasteiger partial charge in [-0.15, -0.1) is 0 Å². The van der Waals surface area contributed by atoms with Gasteiger partial charge in [0.25, 0.3) is 0 Å². The number of carbonyl (C=O) groups is 1. The van der Waals surface area contributed by atoms with Crippen molar-refractivity contribution in [2.24, 2.45) is 17.1 Å². The molecular formula is C12H22N2O2. The van der Waals surface area contributed by atoms with E-state index in [1.54, 1.807) is 0 Å². The van der Waals surface area contributed by atoms with Crippen LogP contribution in [0.2, 0.25) is 0 Å². The Bertz CT molecular complexity index is 262. The molecule has 0 aromatic rings. The average molecular weight is 226 g/mol. The van der Waals surface area contributed by atoms with Gasteiger partial charge in [0, 0.05) is 25.6 Å². The predicted molar refractivity (Wildman–Crippen MR) is 61.7 cm³/mol. The second kappa shape index (κ2) is 4.72. The van der Waals surface area contributed by atoms with Crippen LogP contribution in [0.1, 0.15) is 32.1 Å². The minimum Gasteiger partial charge on any atom is -0.396 e. The summed E-state index contributed by atoms with van der Waals surface area (Å²) in [5, 5.41) is 9.49. The number of nitrogens with zero attached hydrogens (tertiary/aromatic N) is 1. The molecule has 1 amide bonds. The summed E-state index contributed by atoms with van der Waals surface area (Å²) in [5.74, 6) is 0.296. The fraction of sp³-hybridized carbons (Fsp3) is 0.917. The third-order valence-electron chi connectivity index (χ3n) is 4.41. The molecule has 2 aliphatic rings. The number of aliphatic hydroxyl groups is 1. The number of carbonyl (C=O) groups excluding carboxylic acids is 1. The van der Waals surface area contributed by atoms with E-state index in [9.17, 15) is 9.90 Å². The molecule has 1 saturated heterocycles. The Morgan fingerprint density at radius 2 is 2.06 bits per heavy atom. The second-order valence-electron chi connectivity index (χ2n) is 5.28. The summed E-state index contributed by atoms with van der Waals surface area (Å²) in [6.07, 6.45) is 6.09. The molecule has 16 heavy (non-hydrogen) atoms. The Kier molecular flexibility index (Phi) is 3.50. The Morgan fingerprint density at radius 1 is 1.38 bits per heavy atom. The highest BCUT2D eigenvalue weighted by Gasteiger charge is 2.47. The molecule has 0 bridgehead atoms. The van der Waals surface area contributed by atoms with Crippen molar-refractivity contribution < 1.29 is 9.90 Å². The molecule has 0 unspecified atom stereocenters. The average Bonchev–Trinajstić information content (AvgIpc) is 2.67. The van der Waals surface area contributed by atoms with Crippen LogP contribution in [0.5, 0.6) is 0 Å². The zero-order chi connectivity index (χ0) is 11.6. The van der Waals surface area contributed by atoms with E-state index in [0.29, 0.717) is 6.54 Å². The van der Waals surface area contributed by atoms with Gasteiger partial charge < -0.3 is 15.7 Å². The Hall–Kier alpha value is -0.610. The van der Waals surface area contributed by atoms with E-state index in [0.717, 1.165) is 19.4 Å². The van der Waals surface area contributed by atoms with Crippen LogP contribution in [0, 0.1) is 11.3 Å². The summed E-state index contributed by atoms with van der Waals surface area (Å²) < 4.78 is 0. The molecule has 4 nitrogen and oxygen atoms in total.